The summed E-state index contributed by atoms with van der Waals surface area (Å²) in [6.45, 7) is 7.41. The normalized spacial score (nSPS) is 12.0. The Bertz CT molecular complexity index is 1360. The molecule has 4 aromatic rings. The van der Waals surface area contributed by atoms with E-state index in [2.05, 4.69) is 20.5 Å². The maximum Gasteiger partial charge on any atom is 0.343 e. The lowest BCUT2D eigenvalue weighted by Crippen LogP contribution is -2.25. The second kappa shape index (κ2) is 9.03. The van der Waals surface area contributed by atoms with Crippen LogP contribution in [0.5, 0.6) is 0 Å². The number of ether oxygens (including phenoxy) is 1. The van der Waals surface area contributed by atoms with Crippen molar-refractivity contribution in [3.8, 4) is 11.3 Å². The molecule has 1 amide bonds. The molecule has 0 fully saturated rings. The van der Waals surface area contributed by atoms with E-state index in [-0.39, 0.29) is 12.5 Å². The number of halogens is 1. The van der Waals surface area contributed by atoms with E-state index < -0.39 is 12.0 Å². The average molecular weight is 467 g/mol. The van der Waals surface area contributed by atoms with Gasteiger partial charge in [0, 0.05) is 17.4 Å². The van der Waals surface area contributed by atoms with E-state index in [4.69, 9.17) is 16.3 Å². The van der Waals surface area contributed by atoms with Crippen molar-refractivity contribution < 1.29 is 14.3 Å². The van der Waals surface area contributed by atoms with Gasteiger partial charge in [-0.05, 0) is 45.9 Å². The van der Waals surface area contributed by atoms with Gasteiger partial charge in [-0.2, -0.15) is 10.2 Å². The van der Waals surface area contributed by atoms with Crippen molar-refractivity contribution in [3.63, 3.8) is 0 Å². The van der Waals surface area contributed by atoms with Crippen LogP contribution >= 0.6 is 11.6 Å². The highest BCUT2D eigenvalue weighted by molar-refractivity contribution is 6.31. The number of esters is 1. The second-order valence-electron chi connectivity index (χ2n) is 7.52. The van der Waals surface area contributed by atoms with Gasteiger partial charge in [-0.15, -0.1) is 0 Å². The lowest BCUT2D eigenvalue weighted by atomic mass is 10.1. The number of benzene rings is 1. The molecule has 1 N–H and O–H groups in total. The van der Waals surface area contributed by atoms with Gasteiger partial charge in [0.1, 0.15) is 11.6 Å². The first-order chi connectivity index (χ1) is 15.8. The highest BCUT2D eigenvalue weighted by Gasteiger charge is 2.21. The predicted molar refractivity (Wildman–Crippen MR) is 124 cm³/mol. The standard InChI is InChI=1S/C23H23ClN6O3/c1-5-33-23(32)18-12-26-30-19(9-10-25-21(18)30)16-7-6-8-17(11-16)27-22(31)15(4)29-14(3)20(24)13(2)28-29/h6-12,15H,5H2,1-4H3,(H,27,31). The number of carbonyl (C=O) groups excluding carboxylic acids is 2. The van der Waals surface area contributed by atoms with Gasteiger partial charge >= 0.3 is 5.97 Å². The van der Waals surface area contributed by atoms with Crippen LogP contribution < -0.4 is 5.32 Å². The summed E-state index contributed by atoms with van der Waals surface area (Å²) in [6.07, 6.45) is 3.05. The van der Waals surface area contributed by atoms with Crippen LogP contribution in [0.1, 0.15) is 41.6 Å². The third-order valence-electron chi connectivity index (χ3n) is 5.31. The minimum absolute atomic E-state index is 0.224. The number of anilines is 1. The average Bonchev–Trinajstić information content (AvgIpc) is 3.35. The molecule has 0 radical (unpaired) electrons. The van der Waals surface area contributed by atoms with Crippen molar-refractivity contribution in [2.75, 3.05) is 11.9 Å². The molecule has 3 heterocycles. The monoisotopic (exact) mass is 466 g/mol. The number of aromatic nitrogens is 5. The Morgan fingerprint density at radius 2 is 2.03 bits per heavy atom. The van der Waals surface area contributed by atoms with Gasteiger partial charge in [0.25, 0.3) is 0 Å². The Kier molecular flexibility index (Phi) is 6.15. The SMILES string of the molecule is CCOC(=O)c1cnn2c(-c3cccc(NC(=O)C(C)n4nc(C)c(Cl)c4C)c3)ccnc12. The van der Waals surface area contributed by atoms with Crippen LogP contribution in [0, 0.1) is 13.8 Å². The van der Waals surface area contributed by atoms with Crippen molar-refractivity contribution in [2.24, 2.45) is 0 Å². The summed E-state index contributed by atoms with van der Waals surface area (Å²) in [5.74, 6) is -0.700. The van der Waals surface area contributed by atoms with Crippen molar-refractivity contribution in [1.82, 2.24) is 24.4 Å². The third kappa shape index (κ3) is 4.19. The zero-order valence-electron chi connectivity index (χ0n) is 18.7. The van der Waals surface area contributed by atoms with E-state index in [0.717, 1.165) is 11.3 Å². The molecule has 10 heteroatoms. The van der Waals surface area contributed by atoms with Crippen LogP contribution in [0.25, 0.3) is 16.9 Å². The van der Waals surface area contributed by atoms with E-state index in [1.807, 2.05) is 25.1 Å². The zero-order valence-corrected chi connectivity index (χ0v) is 19.4. The van der Waals surface area contributed by atoms with E-state index >= 15 is 0 Å². The maximum atomic E-state index is 12.9. The van der Waals surface area contributed by atoms with E-state index in [1.54, 1.807) is 48.3 Å². The quantitative estimate of drug-likeness (QED) is 0.426. The second-order valence-corrected chi connectivity index (χ2v) is 7.90. The van der Waals surface area contributed by atoms with Gasteiger partial charge in [-0.1, -0.05) is 23.7 Å². The molecule has 0 spiro atoms. The molecule has 0 saturated heterocycles. The van der Waals surface area contributed by atoms with E-state index in [1.165, 1.54) is 6.20 Å². The van der Waals surface area contributed by atoms with Gasteiger partial charge < -0.3 is 10.1 Å². The summed E-state index contributed by atoms with van der Waals surface area (Å²) in [4.78, 5) is 29.4. The number of amides is 1. The summed E-state index contributed by atoms with van der Waals surface area (Å²) in [7, 11) is 0. The van der Waals surface area contributed by atoms with Gasteiger partial charge in [-0.3, -0.25) is 9.48 Å². The molecule has 0 bridgehead atoms. The molecule has 1 atom stereocenters. The molecular formula is C23H23ClN6O3. The van der Waals surface area contributed by atoms with E-state index in [0.29, 0.717) is 33.3 Å². The van der Waals surface area contributed by atoms with Gasteiger partial charge in [-0.25, -0.2) is 14.3 Å². The maximum absolute atomic E-state index is 12.9. The smallest absolute Gasteiger partial charge is 0.343 e. The Morgan fingerprint density at radius 3 is 2.73 bits per heavy atom. The van der Waals surface area contributed by atoms with Crippen molar-refractivity contribution in [1.29, 1.82) is 0 Å². The first kappa shape index (κ1) is 22.5. The number of nitrogens with zero attached hydrogens (tertiary/aromatic N) is 5. The molecule has 4 rings (SSSR count). The molecule has 1 unspecified atom stereocenters. The Labute approximate surface area is 195 Å². The summed E-state index contributed by atoms with van der Waals surface area (Å²) in [5.41, 5.74) is 4.22. The van der Waals surface area contributed by atoms with Crippen LogP contribution in [0.2, 0.25) is 5.02 Å². The first-order valence-electron chi connectivity index (χ1n) is 10.4. The minimum atomic E-state index is -0.550. The van der Waals surface area contributed by atoms with Crippen molar-refractivity contribution in [3.05, 3.63) is 64.7 Å². The number of hydrogen-bond acceptors (Lipinski definition) is 6. The summed E-state index contributed by atoms with van der Waals surface area (Å²) in [5, 5.41) is 12.2. The third-order valence-corrected chi connectivity index (χ3v) is 5.85. The zero-order chi connectivity index (χ0) is 23.7. The topological polar surface area (TPSA) is 103 Å². The highest BCUT2D eigenvalue weighted by Crippen LogP contribution is 2.26. The number of carbonyl (C=O) groups is 2. The number of fused-ring (bicyclic) bond motifs is 1. The van der Waals surface area contributed by atoms with Crippen LogP contribution in [0.15, 0.2) is 42.7 Å². The molecule has 1 aromatic carbocycles. The molecule has 0 aliphatic rings. The van der Waals surface area contributed by atoms with Crippen LogP contribution in [0.3, 0.4) is 0 Å². The Hall–Kier alpha value is -3.72. The molecule has 0 saturated carbocycles. The summed E-state index contributed by atoms with van der Waals surface area (Å²) >= 11 is 6.23. The van der Waals surface area contributed by atoms with Crippen LogP contribution in [-0.2, 0) is 9.53 Å². The van der Waals surface area contributed by atoms with Gasteiger partial charge in [0.2, 0.25) is 5.91 Å². The van der Waals surface area contributed by atoms with Gasteiger partial charge in [0.15, 0.2) is 5.65 Å². The Balaban J connectivity index is 1.62. The Morgan fingerprint density at radius 1 is 1.24 bits per heavy atom. The highest BCUT2D eigenvalue weighted by atomic mass is 35.5. The fraction of sp³-hybridized carbons (Fsp3) is 0.261. The lowest BCUT2D eigenvalue weighted by Gasteiger charge is -2.15. The van der Waals surface area contributed by atoms with Gasteiger partial charge in [0.05, 0.1) is 34.9 Å². The molecule has 170 valence electrons. The number of rotatable bonds is 6. The van der Waals surface area contributed by atoms with Crippen LogP contribution in [-0.4, -0.2) is 42.9 Å². The molecule has 3 aromatic heterocycles. The number of aryl methyl sites for hydroxylation is 1. The van der Waals surface area contributed by atoms with E-state index in [9.17, 15) is 9.59 Å². The molecular weight excluding hydrogens is 444 g/mol. The lowest BCUT2D eigenvalue weighted by molar-refractivity contribution is -0.119. The molecule has 9 nitrogen and oxygen atoms in total. The van der Waals surface area contributed by atoms with Crippen LogP contribution in [0.4, 0.5) is 5.69 Å². The fourth-order valence-electron chi connectivity index (χ4n) is 3.60. The van der Waals surface area contributed by atoms with Crippen molar-refractivity contribution >= 4 is 34.8 Å². The fourth-order valence-corrected chi connectivity index (χ4v) is 3.72. The summed E-state index contributed by atoms with van der Waals surface area (Å²) in [6, 6.07) is 8.59. The minimum Gasteiger partial charge on any atom is -0.462 e. The molecule has 0 aliphatic carbocycles. The number of nitrogens with one attached hydrogen (secondary N) is 1. The number of hydrogen-bond donors (Lipinski definition) is 1. The molecule has 0 aliphatic heterocycles. The summed E-state index contributed by atoms with van der Waals surface area (Å²) < 4.78 is 8.28. The predicted octanol–water partition coefficient (Wildman–Crippen LogP) is 4.24. The first-order valence-corrected chi connectivity index (χ1v) is 10.8. The largest absolute Gasteiger partial charge is 0.462 e. The van der Waals surface area contributed by atoms with Crippen molar-refractivity contribution in [2.45, 2.75) is 33.7 Å². The molecule has 33 heavy (non-hydrogen) atoms.